The van der Waals surface area contributed by atoms with Gasteiger partial charge in [0.25, 0.3) is 0 Å². The molecule has 1 aromatic carbocycles. The highest BCUT2D eigenvalue weighted by Crippen LogP contribution is 2.27. The maximum Gasteiger partial charge on any atom is 0.387 e. The summed E-state index contributed by atoms with van der Waals surface area (Å²) in [5.74, 6) is 0.544. The monoisotopic (exact) mass is 286 g/mol. The third-order valence-corrected chi connectivity index (χ3v) is 2.53. The van der Waals surface area contributed by atoms with Crippen LogP contribution >= 0.6 is 11.6 Å². The molecule has 0 saturated carbocycles. The Balaban J connectivity index is 2.13. The van der Waals surface area contributed by atoms with Gasteiger partial charge in [0.15, 0.2) is 5.82 Å². The molecule has 0 amide bonds. The van der Waals surface area contributed by atoms with Crippen molar-refractivity contribution in [2.75, 3.05) is 11.1 Å². The molecule has 100 valence electrons. The van der Waals surface area contributed by atoms with Crippen molar-refractivity contribution in [3.63, 3.8) is 0 Å². The Morgan fingerprint density at radius 2 is 1.89 bits per heavy atom. The molecule has 1 heterocycles. The molecule has 2 rings (SSSR count). The summed E-state index contributed by atoms with van der Waals surface area (Å²) in [7, 11) is 0. The van der Waals surface area contributed by atoms with E-state index in [0.29, 0.717) is 11.5 Å². The van der Waals surface area contributed by atoms with Crippen LogP contribution < -0.4 is 15.8 Å². The smallest absolute Gasteiger partial charge is 0.387 e. The summed E-state index contributed by atoms with van der Waals surface area (Å²) < 4.78 is 28.2. The number of nitrogen functional groups attached to an aromatic ring is 1. The number of anilines is 3. The van der Waals surface area contributed by atoms with Gasteiger partial charge < -0.3 is 15.8 Å². The summed E-state index contributed by atoms with van der Waals surface area (Å²) in [5.41, 5.74) is 6.13. The number of benzene rings is 1. The molecule has 0 fully saturated rings. The van der Waals surface area contributed by atoms with Crippen LogP contribution in [0.2, 0.25) is 5.02 Å². The number of nitrogens with two attached hydrogens (primary N) is 1. The number of halogens is 3. The van der Waals surface area contributed by atoms with Gasteiger partial charge in [-0.1, -0.05) is 11.6 Å². The maximum absolute atomic E-state index is 12.0. The predicted molar refractivity (Wildman–Crippen MR) is 67.8 cm³/mol. The number of ether oxygens (including phenoxy) is 1. The molecule has 0 aliphatic carbocycles. The Kier molecular flexibility index (Phi) is 3.96. The first kappa shape index (κ1) is 13.3. The van der Waals surface area contributed by atoms with Crippen LogP contribution in [0, 0.1) is 0 Å². The van der Waals surface area contributed by atoms with E-state index in [1.54, 1.807) is 12.1 Å². The molecule has 0 saturated heterocycles. The fourth-order valence-electron chi connectivity index (χ4n) is 1.33. The zero-order valence-corrected chi connectivity index (χ0v) is 10.2. The van der Waals surface area contributed by atoms with Gasteiger partial charge in [-0.05, 0) is 24.3 Å². The minimum atomic E-state index is -2.85. The minimum absolute atomic E-state index is 0.0637. The van der Waals surface area contributed by atoms with Crippen molar-refractivity contribution in [1.82, 2.24) is 9.97 Å². The first-order chi connectivity index (χ1) is 9.06. The standard InChI is InChI=1S/C11H9ClF2N4O/c12-8-9(15)16-5-17-10(8)18-6-1-3-7(4-2-6)19-11(13)14/h1-5,11H,(H3,15,16,17,18). The molecule has 19 heavy (non-hydrogen) atoms. The largest absolute Gasteiger partial charge is 0.435 e. The molecular formula is C11H9ClF2N4O. The van der Waals surface area contributed by atoms with Gasteiger partial charge in [0, 0.05) is 5.69 Å². The second kappa shape index (κ2) is 5.66. The van der Waals surface area contributed by atoms with Gasteiger partial charge in [0.1, 0.15) is 22.9 Å². The summed E-state index contributed by atoms with van der Waals surface area (Å²) in [5, 5.41) is 3.08. The van der Waals surface area contributed by atoms with Crippen LogP contribution in [-0.2, 0) is 0 Å². The highest BCUT2D eigenvalue weighted by Gasteiger charge is 2.07. The third-order valence-electron chi connectivity index (χ3n) is 2.16. The van der Waals surface area contributed by atoms with Crippen molar-refractivity contribution >= 4 is 28.9 Å². The zero-order chi connectivity index (χ0) is 13.8. The molecule has 0 aliphatic heterocycles. The van der Waals surface area contributed by atoms with Crippen LogP contribution in [0.25, 0.3) is 0 Å². The lowest BCUT2D eigenvalue weighted by Gasteiger charge is -2.09. The van der Waals surface area contributed by atoms with Gasteiger partial charge in [0.2, 0.25) is 0 Å². The topological polar surface area (TPSA) is 73.1 Å². The minimum Gasteiger partial charge on any atom is -0.435 e. The molecule has 2 aromatic rings. The van der Waals surface area contributed by atoms with Crippen LogP contribution in [0.15, 0.2) is 30.6 Å². The Morgan fingerprint density at radius 3 is 2.53 bits per heavy atom. The van der Waals surface area contributed by atoms with Crippen molar-refractivity contribution in [2.24, 2.45) is 0 Å². The van der Waals surface area contributed by atoms with Gasteiger partial charge in [-0.2, -0.15) is 8.78 Å². The molecule has 3 N–H and O–H groups in total. The quantitative estimate of drug-likeness (QED) is 0.903. The number of alkyl halides is 2. The van der Waals surface area contributed by atoms with Gasteiger partial charge in [-0.25, -0.2) is 9.97 Å². The van der Waals surface area contributed by atoms with E-state index in [-0.39, 0.29) is 16.6 Å². The van der Waals surface area contributed by atoms with E-state index in [4.69, 9.17) is 17.3 Å². The van der Waals surface area contributed by atoms with E-state index in [1.807, 2.05) is 0 Å². The zero-order valence-electron chi connectivity index (χ0n) is 9.48. The second-order valence-electron chi connectivity index (χ2n) is 3.45. The van der Waals surface area contributed by atoms with Gasteiger partial charge in [-0.15, -0.1) is 0 Å². The average Bonchev–Trinajstić information content (AvgIpc) is 2.37. The van der Waals surface area contributed by atoms with Crippen molar-refractivity contribution in [1.29, 1.82) is 0 Å². The summed E-state index contributed by atoms with van der Waals surface area (Å²) in [6, 6.07) is 5.89. The Morgan fingerprint density at radius 1 is 1.21 bits per heavy atom. The SMILES string of the molecule is Nc1ncnc(Nc2ccc(OC(F)F)cc2)c1Cl. The van der Waals surface area contributed by atoms with Crippen molar-refractivity contribution in [2.45, 2.75) is 6.61 Å². The normalized spacial score (nSPS) is 10.5. The highest BCUT2D eigenvalue weighted by molar-refractivity contribution is 6.35. The Labute approximate surface area is 112 Å². The van der Waals surface area contributed by atoms with E-state index < -0.39 is 6.61 Å². The summed E-state index contributed by atoms with van der Waals surface area (Å²) in [6.45, 7) is -2.85. The molecule has 0 aliphatic rings. The number of hydrogen-bond donors (Lipinski definition) is 2. The van der Waals surface area contributed by atoms with Crippen LogP contribution in [0.4, 0.5) is 26.1 Å². The lowest BCUT2D eigenvalue weighted by Crippen LogP contribution is -2.02. The van der Waals surface area contributed by atoms with Crippen molar-refractivity contribution < 1.29 is 13.5 Å². The lowest BCUT2D eigenvalue weighted by molar-refractivity contribution is -0.0498. The van der Waals surface area contributed by atoms with Crippen LogP contribution in [0.3, 0.4) is 0 Å². The predicted octanol–water partition coefficient (Wildman–Crippen LogP) is 3.06. The molecule has 0 unspecified atom stereocenters. The van der Waals surface area contributed by atoms with Crippen LogP contribution in [0.1, 0.15) is 0 Å². The van der Waals surface area contributed by atoms with Crippen molar-refractivity contribution in [3.8, 4) is 5.75 Å². The number of nitrogens with one attached hydrogen (secondary N) is 1. The fraction of sp³-hybridized carbons (Fsp3) is 0.0909. The van der Waals surface area contributed by atoms with E-state index in [0.717, 1.165) is 0 Å². The molecule has 1 aromatic heterocycles. The van der Waals surface area contributed by atoms with Crippen LogP contribution in [-0.4, -0.2) is 16.6 Å². The van der Waals surface area contributed by atoms with E-state index in [1.165, 1.54) is 18.5 Å². The van der Waals surface area contributed by atoms with Crippen LogP contribution in [0.5, 0.6) is 5.75 Å². The molecule has 8 heteroatoms. The lowest BCUT2D eigenvalue weighted by atomic mass is 10.3. The average molecular weight is 287 g/mol. The molecular weight excluding hydrogens is 278 g/mol. The summed E-state index contributed by atoms with van der Waals surface area (Å²) in [4.78, 5) is 7.64. The number of aromatic nitrogens is 2. The summed E-state index contributed by atoms with van der Waals surface area (Å²) in [6.07, 6.45) is 1.26. The van der Waals surface area contributed by atoms with Gasteiger partial charge in [0.05, 0.1) is 0 Å². The van der Waals surface area contributed by atoms with Gasteiger partial charge >= 0.3 is 6.61 Å². The van der Waals surface area contributed by atoms with E-state index >= 15 is 0 Å². The third kappa shape index (κ3) is 3.41. The van der Waals surface area contributed by atoms with Gasteiger partial charge in [-0.3, -0.25) is 0 Å². The maximum atomic E-state index is 12.0. The van der Waals surface area contributed by atoms with Crippen molar-refractivity contribution in [3.05, 3.63) is 35.6 Å². The fourth-order valence-corrected chi connectivity index (χ4v) is 1.47. The number of rotatable bonds is 4. The molecule has 0 atom stereocenters. The Hall–Kier alpha value is -2.15. The molecule has 0 radical (unpaired) electrons. The molecule has 0 bridgehead atoms. The van der Waals surface area contributed by atoms with E-state index in [2.05, 4.69) is 20.0 Å². The highest BCUT2D eigenvalue weighted by atomic mass is 35.5. The summed E-state index contributed by atoms with van der Waals surface area (Å²) >= 11 is 5.91. The molecule has 5 nitrogen and oxygen atoms in total. The number of hydrogen-bond acceptors (Lipinski definition) is 5. The molecule has 0 spiro atoms. The number of nitrogens with zero attached hydrogens (tertiary/aromatic N) is 2. The van der Waals surface area contributed by atoms with E-state index in [9.17, 15) is 8.78 Å². The Bertz CT molecular complexity index is 565. The first-order valence-corrected chi connectivity index (χ1v) is 5.52. The second-order valence-corrected chi connectivity index (χ2v) is 3.83. The first-order valence-electron chi connectivity index (χ1n) is 5.14.